The highest BCUT2D eigenvalue weighted by molar-refractivity contribution is 6.31. The molecule has 3 nitrogen and oxygen atoms in total. The van der Waals surface area contributed by atoms with Gasteiger partial charge in [0.05, 0.1) is 5.39 Å². The van der Waals surface area contributed by atoms with E-state index in [0.29, 0.717) is 33.0 Å². The van der Waals surface area contributed by atoms with Crippen molar-refractivity contribution in [2.45, 2.75) is 0 Å². The van der Waals surface area contributed by atoms with E-state index in [2.05, 4.69) is 18.2 Å². The Hall–Kier alpha value is -4.50. The van der Waals surface area contributed by atoms with E-state index in [1.165, 1.54) is 0 Å². The smallest absolute Gasteiger partial charge is 0.198 e. The van der Waals surface area contributed by atoms with Crippen molar-refractivity contribution in [2.24, 2.45) is 0 Å². The van der Waals surface area contributed by atoms with Gasteiger partial charge in [-0.05, 0) is 39.7 Å². The van der Waals surface area contributed by atoms with Crippen LogP contribution >= 0.6 is 0 Å². The van der Waals surface area contributed by atoms with Crippen molar-refractivity contribution in [3.63, 3.8) is 0 Å². The number of hydrogen-bond donors (Lipinski definition) is 0. The minimum absolute atomic E-state index is 0.143. The van der Waals surface area contributed by atoms with Gasteiger partial charge in [0, 0.05) is 26.9 Å². The van der Waals surface area contributed by atoms with Gasteiger partial charge in [-0.1, -0.05) is 78.9 Å². The molecule has 0 radical (unpaired) electrons. The van der Waals surface area contributed by atoms with Crippen molar-refractivity contribution in [2.75, 3.05) is 0 Å². The first-order chi connectivity index (χ1) is 16.2. The Morgan fingerprint density at radius 2 is 1.03 bits per heavy atom. The third-order valence-electron chi connectivity index (χ3n) is 6.60. The summed E-state index contributed by atoms with van der Waals surface area (Å²) in [5.41, 5.74) is -0.326. The van der Waals surface area contributed by atoms with E-state index in [9.17, 15) is 9.59 Å². The van der Waals surface area contributed by atoms with Crippen molar-refractivity contribution >= 4 is 53.9 Å². The van der Waals surface area contributed by atoms with Crippen LogP contribution in [0.25, 0.3) is 53.9 Å². The molecule has 0 bridgehead atoms. The normalized spacial score (nSPS) is 11.9. The molecule has 0 aliphatic rings. The van der Waals surface area contributed by atoms with Gasteiger partial charge in [0.15, 0.2) is 10.9 Å². The summed E-state index contributed by atoms with van der Waals surface area (Å²) in [6.07, 6.45) is 0. The molecule has 0 atom stereocenters. The van der Waals surface area contributed by atoms with Gasteiger partial charge >= 0.3 is 0 Å². The van der Waals surface area contributed by atoms with Crippen LogP contribution < -0.4 is 15.6 Å². The third kappa shape index (κ3) is 2.39. The lowest BCUT2D eigenvalue weighted by Gasteiger charge is -2.17. The molecule has 7 aromatic carbocycles. The second kappa shape index (κ2) is 6.50. The summed E-state index contributed by atoms with van der Waals surface area (Å²) in [4.78, 5) is 27.6. The number of ether oxygens (including phenoxy) is 1. The van der Waals surface area contributed by atoms with Crippen LogP contribution in [0, 0.1) is 0 Å². The molecule has 0 amide bonds. The summed E-state index contributed by atoms with van der Waals surface area (Å²) < 4.78 is 6.39. The highest BCUT2D eigenvalue weighted by Gasteiger charge is 2.23. The predicted octanol–water partition coefficient (Wildman–Crippen LogP) is 6.84. The molecule has 0 saturated carbocycles. The lowest BCUT2D eigenvalue weighted by Crippen LogP contribution is -2.14. The lowest BCUT2D eigenvalue weighted by atomic mass is 9.89. The molecular formula is C30H16O3. The standard InChI is InChI=1S/C30H16O3/c31-28-20-11-4-5-12-21(20)29(32)27-26(28)22-15-13-17-7-6-8-18-14-16-23(25(22)24(17)18)30(27)33-19-9-2-1-3-10-19/h1-16H. The Kier molecular flexibility index (Phi) is 3.57. The molecule has 0 N–H and O–H groups in total. The van der Waals surface area contributed by atoms with E-state index in [1.807, 2.05) is 54.6 Å². The fraction of sp³-hybridized carbons (Fsp3) is 0. The van der Waals surface area contributed by atoms with Crippen molar-refractivity contribution in [3.05, 3.63) is 118 Å². The van der Waals surface area contributed by atoms with Gasteiger partial charge in [0.25, 0.3) is 0 Å². The van der Waals surface area contributed by atoms with E-state index in [1.54, 1.807) is 24.3 Å². The second-order valence-corrected chi connectivity index (χ2v) is 8.38. The van der Waals surface area contributed by atoms with Crippen LogP contribution in [0.2, 0.25) is 0 Å². The molecule has 0 spiro atoms. The third-order valence-corrected chi connectivity index (χ3v) is 6.60. The summed E-state index contributed by atoms with van der Waals surface area (Å²) in [6, 6.07) is 30.7. The molecule has 0 saturated heterocycles. The summed E-state index contributed by atoms with van der Waals surface area (Å²) in [5.74, 6) is 1.06. The fourth-order valence-corrected chi connectivity index (χ4v) is 5.18. The Bertz CT molecular complexity index is 1960. The van der Waals surface area contributed by atoms with Crippen LogP contribution in [0.3, 0.4) is 0 Å². The quantitative estimate of drug-likeness (QED) is 0.225. The van der Waals surface area contributed by atoms with Crippen LogP contribution in [-0.4, -0.2) is 0 Å². The molecule has 0 aromatic heterocycles. The minimum atomic E-state index is -0.184. The number of benzene rings is 7. The van der Waals surface area contributed by atoms with Crippen LogP contribution in [-0.2, 0) is 0 Å². The molecular weight excluding hydrogens is 408 g/mol. The lowest BCUT2D eigenvalue weighted by molar-refractivity contribution is 0.493. The highest BCUT2D eigenvalue weighted by Crippen LogP contribution is 2.44. The molecule has 0 aliphatic heterocycles. The van der Waals surface area contributed by atoms with Gasteiger partial charge in [0.1, 0.15) is 11.5 Å². The summed E-state index contributed by atoms with van der Waals surface area (Å²) in [5, 5.41) is 7.45. The maximum absolute atomic E-state index is 13.8. The first kappa shape index (κ1) is 18.1. The second-order valence-electron chi connectivity index (χ2n) is 8.38. The fourth-order valence-electron chi connectivity index (χ4n) is 5.18. The topological polar surface area (TPSA) is 43.4 Å². The Labute approximate surface area is 187 Å². The maximum Gasteiger partial charge on any atom is 0.198 e. The molecule has 0 fully saturated rings. The minimum Gasteiger partial charge on any atom is -0.456 e. The van der Waals surface area contributed by atoms with E-state index in [0.717, 1.165) is 32.3 Å². The Morgan fingerprint density at radius 3 is 1.73 bits per heavy atom. The highest BCUT2D eigenvalue weighted by atomic mass is 16.5. The Balaban J connectivity index is 1.81. The van der Waals surface area contributed by atoms with Crippen LogP contribution in [0.4, 0.5) is 0 Å². The number of para-hydroxylation sites is 1. The zero-order valence-corrected chi connectivity index (χ0v) is 17.5. The summed E-state index contributed by atoms with van der Waals surface area (Å²) >= 11 is 0. The number of fused-ring (bicyclic) bond motifs is 3. The number of rotatable bonds is 2. The molecule has 154 valence electrons. The largest absolute Gasteiger partial charge is 0.456 e. The zero-order chi connectivity index (χ0) is 22.1. The zero-order valence-electron chi connectivity index (χ0n) is 17.5. The molecule has 7 aromatic rings. The van der Waals surface area contributed by atoms with Gasteiger partial charge in [-0.3, -0.25) is 9.59 Å². The molecule has 33 heavy (non-hydrogen) atoms. The van der Waals surface area contributed by atoms with Crippen molar-refractivity contribution in [3.8, 4) is 11.5 Å². The van der Waals surface area contributed by atoms with Crippen LogP contribution in [0.5, 0.6) is 11.5 Å². The number of hydrogen-bond acceptors (Lipinski definition) is 3. The molecule has 3 heteroatoms. The van der Waals surface area contributed by atoms with Gasteiger partial charge < -0.3 is 4.74 Å². The predicted molar refractivity (Wildman–Crippen MR) is 135 cm³/mol. The van der Waals surface area contributed by atoms with Gasteiger partial charge in [0.2, 0.25) is 0 Å². The summed E-state index contributed by atoms with van der Waals surface area (Å²) in [6.45, 7) is 0. The van der Waals surface area contributed by atoms with Gasteiger partial charge in [-0.25, -0.2) is 0 Å². The van der Waals surface area contributed by atoms with E-state index >= 15 is 0 Å². The maximum atomic E-state index is 13.8. The van der Waals surface area contributed by atoms with Gasteiger partial charge in [-0.15, -0.1) is 0 Å². The van der Waals surface area contributed by atoms with Crippen molar-refractivity contribution < 1.29 is 4.74 Å². The molecule has 0 unspecified atom stereocenters. The van der Waals surface area contributed by atoms with Crippen LogP contribution in [0.1, 0.15) is 0 Å². The SMILES string of the molecule is O=c1c2ccccc2c(=O)c2c1c(Oc1ccccc1)c1ccc3cccc4ccc2c1c34. The Morgan fingerprint density at radius 1 is 0.424 bits per heavy atom. The average Bonchev–Trinajstić information content (AvgIpc) is 2.87. The van der Waals surface area contributed by atoms with E-state index in [4.69, 9.17) is 4.74 Å². The molecule has 7 rings (SSSR count). The van der Waals surface area contributed by atoms with Crippen molar-refractivity contribution in [1.29, 1.82) is 0 Å². The van der Waals surface area contributed by atoms with E-state index < -0.39 is 0 Å². The molecule has 0 aliphatic carbocycles. The average molecular weight is 424 g/mol. The van der Waals surface area contributed by atoms with Crippen LogP contribution in [0.15, 0.2) is 107 Å². The summed E-state index contributed by atoms with van der Waals surface area (Å²) in [7, 11) is 0. The first-order valence-corrected chi connectivity index (χ1v) is 10.9. The van der Waals surface area contributed by atoms with E-state index in [-0.39, 0.29) is 10.9 Å². The first-order valence-electron chi connectivity index (χ1n) is 10.9. The van der Waals surface area contributed by atoms with Crippen molar-refractivity contribution in [1.82, 2.24) is 0 Å². The monoisotopic (exact) mass is 424 g/mol. The molecule has 0 heterocycles. The van der Waals surface area contributed by atoms with Gasteiger partial charge in [-0.2, -0.15) is 0 Å².